The number of nitrogens with one attached hydrogen (secondary N) is 1. The number of anilines is 1. The highest BCUT2D eigenvalue weighted by Crippen LogP contribution is 2.39. The van der Waals surface area contributed by atoms with Crippen molar-refractivity contribution in [2.45, 2.75) is 38.9 Å². The van der Waals surface area contributed by atoms with Gasteiger partial charge >= 0.3 is 13.1 Å². The van der Waals surface area contributed by atoms with Crippen molar-refractivity contribution in [3.63, 3.8) is 0 Å². The first-order valence-corrected chi connectivity index (χ1v) is 8.11. The summed E-state index contributed by atoms with van der Waals surface area (Å²) < 4.78 is 12.1. The number of carbonyl (C=O) groups is 1. The van der Waals surface area contributed by atoms with Gasteiger partial charge in [0, 0.05) is 11.4 Å². The predicted molar refractivity (Wildman–Crippen MR) is 97.6 cm³/mol. The largest absolute Gasteiger partial charge is 0.491 e. The average Bonchev–Trinajstić information content (AvgIpc) is 2.64. The van der Waals surface area contributed by atoms with E-state index in [1.165, 1.54) is 0 Å². The molecule has 2 amide bonds. The lowest BCUT2D eigenvalue weighted by atomic mass is 9.78. The molecule has 0 spiro atoms. The van der Waals surface area contributed by atoms with Gasteiger partial charge in [-0.15, -0.1) is 0 Å². The highest BCUT2D eigenvalue weighted by Gasteiger charge is 2.52. The van der Waals surface area contributed by atoms with Crippen LogP contribution in [0, 0.1) is 0 Å². The van der Waals surface area contributed by atoms with Crippen LogP contribution < -0.4 is 11.1 Å². The van der Waals surface area contributed by atoms with Gasteiger partial charge in [-0.2, -0.15) is 12.6 Å². The molecule has 1 aliphatic rings. The van der Waals surface area contributed by atoms with E-state index in [-0.39, 0.29) is 0 Å². The number of thiol groups is 1. The van der Waals surface area contributed by atoms with E-state index in [1.54, 1.807) is 6.07 Å². The average molecular weight is 334 g/mol. The third-order valence-electron chi connectivity index (χ3n) is 4.24. The second-order valence-corrected chi connectivity index (χ2v) is 6.90. The van der Waals surface area contributed by atoms with Gasteiger partial charge in [0.2, 0.25) is 0 Å². The highest BCUT2D eigenvalue weighted by atomic mass is 32.1. The summed E-state index contributed by atoms with van der Waals surface area (Å²) in [7, 11) is -0.440. The van der Waals surface area contributed by atoms with Crippen LogP contribution in [0.5, 0.6) is 0 Å². The Morgan fingerprint density at radius 2 is 1.91 bits per heavy atom. The lowest BCUT2D eigenvalue weighted by molar-refractivity contribution is 0.00578. The van der Waals surface area contributed by atoms with Gasteiger partial charge in [-0.3, -0.25) is 0 Å². The van der Waals surface area contributed by atoms with Crippen molar-refractivity contribution < 1.29 is 14.1 Å². The van der Waals surface area contributed by atoms with Crippen LogP contribution in [-0.4, -0.2) is 30.1 Å². The van der Waals surface area contributed by atoms with Crippen molar-refractivity contribution >= 4 is 37.5 Å². The SMILES string of the molecule is CC1(C)OB(C(=Cc2cccc(NC(N)=O)c2)CS)OC1(C)C. The molecule has 1 heterocycles. The molecule has 1 aliphatic heterocycles. The van der Waals surface area contributed by atoms with Gasteiger partial charge in [0.05, 0.1) is 11.2 Å². The molecule has 7 heteroatoms. The van der Waals surface area contributed by atoms with Gasteiger partial charge in [-0.1, -0.05) is 18.2 Å². The Kier molecular flexibility index (Phi) is 5.13. The van der Waals surface area contributed by atoms with E-state index in [4.69, 9.17) is 15.0 Å². The molecule has 124 valence electrons. The van der Waals surface area contributed by atoms with E-state index in [0.717, 1.165) is 11.0 Å². The van der Waals surface area contributed by atoms with Gasteiger partial charge in [0.15, 0.2) is 0 Å². The summed E-state index contributed by atoms with van der Waals surface area (Å²) in [4.78, 5) is 11.0. The van der Waals surface area contributed by atoms with Crippen LogP contribution in [0.15, 0.2) is 29.7 Å². The number of benzene rings is 1. The van der Waals surface area contributed by atoms with E-state index >= 15 is 0 Å². The van der Waals surface area contributed by atoms with Gasteiger partial charge in [0.1, 0.15) is 0 Å². The molecule has 1 saturated heterocycles. The number of hydrogen-bond donors (Lipinski definition) is 3. The fourth-order valence-electron chi connectivity index (χ4n) is 2.25. The zero-order valence-electron chi connectivity index (χ0n) is 13.9. The van der Waals surface area contributed by atoms with E-state index in [2.05, 4.69) is 17.9 Å². The maximum absolute atomic E-state index is 11.0. The maximum Gasteiger partial charge on any atom is 0.491 e. The number of carbonyl (C=O) groups excluding carboxylic acids is 1. The number of primary amides is 1. The molecule has 1 fully saturated rings. The first-order chi connectivity index (χ1) is 10.6. The molecule has 3 N–H and O–H groups in total. The van der Waals surface area contributed by atoms with Crippen molar-refractivity contribution in [3.05, 3.63) is 35.3 Å². The lowest BCUT2D eigenvalue weighted by Crippen LogP contribution is -2.41. The predicted octanol–water partition coefficient (Wildman–Crippen LogP) is 3.12. The molecule has 0 aliphatic carbocycles. The lowest BCUT2D eigenvalue weighted by Gasteiger charge is -2.32. The first kappa shape index (κ1) is 17.9. The van der Waals surface area contributed by atoms with Crippen molar-refractivity contribution in [2.75, 3.05) is 11.1 Å². The number of rotatable bonds is 4. The monoisotopic (exact) mass is 334 g/mol. The number of nitrogens with two attached hydrogens (primary N) is 1. The minimum atomic E-state index is -0.591. The molecule has 0 radical (unpaired) electrons. The standard InChI is InChI=1S/C16H23BN2O3S/c1-15(2)16(3,4)22-17(21-15)12(10-23)8-11-6-5-7-13(9-11)19-14(18)20/h5-9,23H,10H2,1-4H3,(H3,18,19,20). The third kappa shape index (κ3) is 4.10. The zero-order valence-corrected chi connectivity index (χ0v) is 14.8. The zero-order chi connectivity index (χ0) is 17.3. The highest BCUT2D eigenvalue weighted by molar-refractivity contribution is 7.80. The summed E-state index contributed by atoms with van der Waals surface area (Å²) in [6, 6.07) is 6.79. The summed E-state index contributed by atoms with van der Waals surface area (Å²) >= 11 is 4.40. The van der Waals surface area contributed by atoms with Gasteiger partial charge in [0.25, 0.3) is 0 Å². The fraction of sp³-hybridized carbons (Fsp3) is 0.438. The molecular formula is C16H23BN2O3S. The summed E-state index contributed by atoms with van der Waals surface area (Å²) in [6.45, 7) is 8.06. The first-order valence-electron chi connectivity index (χ1n) is 7.48. The van der Waals surface area contributed by atoms with Gasteiger partial charge < -0.3 is 20.4 Å². The van der Waals surface area contributed by atoms with E-state index in [1.807, 2.05) is 52.0 Å². The number of urea groups is 1. The molecule has 0 aromatic heterocycles. The summed E-state index contributed by atoms with van der Waals surface area (Å²) in [5.74, 6) is 0.504. The molecule has 0 saturated carbocycles. The summed E-state index contributed by atoms with van der Waals surface area (Å²) in [6.07, 6.45) is 1.96. The Labute approximate surface area is 143 Å². The summed E-state index contributed by atoms with van der Waals surface area (Å²) in [5, 5.41) is 2.56. The van der Waals surface area contributed by atoms with Crippen molar-refractivity contribution in [1.82, 2.24) is 0 Å². The molecule has 5 nitrogen and oxygen atoms in total. The van der Waals surface area contributed by atoms with E-state index < -0.39 is 24.4 Å². The van der Waals surface area contributed by atoms with Crippen LogP contribution in [0.1, 0.15) is 33.3 Å². The fourth-order valence-corrected chi connectivity index (χ4v) is 2.49. The Balaban J connectivity index is 2.25. The minimum absolute atomic E-state index is 0.394. The molecule has 0 atom stereocenters. The van der Waals surface area contributed by atoms with Crippen LogP contribution >= 0.6 is 12.6 Å². The Morgan fingerprint density at radius 1 is 1.30 bits per heavy atom. The van der Waals surface area contributed by atoms with E-state index in [0.29, 0.717) is 11.4 Å². The second kappa shape index (κ2) is 6.59. The maximum atomic E-state index is 11.0. The molecular weight excluding hydrogens is 311 g/mol. The smallest absolute Gasteiger partial charge is 0.400 e. The Hall–Kier alpha value is -1.44. The third-order valence-corrected chi connectivity index (χ3v) is 4.61. The minimum Gasteiger partial charge on any atom is -0.400 e. The van der Waals surface area contributed by atoms with Crippen molar-refractivity contribution in [3.8, 4) is 0 Å². The van der Waals surface area contributed by atoms with Crippen LogP contribution in [-0.2, 0) is 9.31 Å². The molecule has 0 unspecified atom stereocenters. The number of amides is 2. The quantitative estimate of drug-likeness (QED) is 0.585. The Morgan fingerprint density at radius 3 is 2.43 bits per heavy atom. The van der Waals surface area contributed by atoms with Crippen LogP contribution in [0.2, 0.25) is 0 Å². The molecule has 2 rings (SSSR count). The van der Waals surface area contributed by atoms with Crippen molar-refractivity contribution in [2.24, 2.45) is 5.73 Å². The number of hydrogen-bond acceptors (Lipinski definition) is 4. The second-order valence-electron chi connectivity index (χ2n) is 6.58. The van der Waals surface area contributed by atoms with Crippen LogP contribution in [0.4, 0.5) is 10.5 Å². The van der Waals surface area contributed by atoms with Crippen LogP contribution in [0.25, 0.3) is 6.08 Å². The van der Waals surface area contributed by atoms with Crippen LogP contribution in [0.3, 0.4) is 0 Å². The normalized spacial score (nSPS) is 19.7. The summed E-state index contributed by atoms with van der Waals surface area (Å²) in [5.41, 5.74) is 6.83. The molecule has 1 aromatic rings. The molecule has 0 bridgehead atoms. The molecule has 1 aromatic carbocycles. The molecule has 23 heavy (non-hydrogen) atoms. The van der Waals surface area contributed by atoms with Crippen molar-refractivity contribution in [1.29, 1.82) is 0 Å². The van der Waals surface area contributed by atoms with Gasteiger partial charge in [-0.05, 0) is 50.9 Å². The topological polar surface area (TPSA) is 73.6 Å². The van der Waals surface area contributed by atoms with Gasteiger partial charge in [-0.25, -0.2) is 4.79 Å². The Bertz CT molecular complexity index is 616. The van der Waals surface area contributed by atoms with E-state index in [9.17, 15) is 4.79 Å².